The number of hydrazine groups is 1. The van der Waals surface area contributed by atoms with Gasteiger partial charge >= 0.3 is 0 Å². The average Bonchev–Trinajstić information content (AvgIpc) is 2.73. The lowest BCUT2D eigenvalue weighted by atomic mass is 10.1. The molecule has 3 unspecified atom stereocenters. The van der Waals surface area contributed by atoms with Gasteiger partial charge < -0.3 is 9.47 Å². The summed E-state index contributed by atoms with van der Waals surface area (Å²) in [5.74, 6) is 5.45. The van der Waals surface area contributed by atoms with Crippen molar-refractivity contribution in [3.8, 4) is 0 Å². The number of nitrogens with two attached hydrogens (primary N) is 1. The highest BCUT2D eigenvalue weighted by molar-refractivity contribution is 5.80. The van der Waals surface area contributed by atoms with Crippen LogP contribution >= 0.6 is 0 Å². The molecule has 1 aliphatic rings. The topological polar surface area (TPSA) is 73.6 Å². The van der Waals surface area contributed by atoms with E-state index in [2.05, 4.69) is 26.2 Å². The Morgan fingerprint density at radius 1 is 1.47 bits per heavy atom. The van der Waals surface area contributed by atoms with Crippen molar-refractivity contribution in [1.29, 1.82) is 0 Å². The van der Waals surface area contributed by atoms with Crippen LogP contribution in [0.3, 0.4) is 0 Å². The molecule has 5 heteroatoms. The van der Waals surface area contributed by atoms with Crippen molar-refractivity contribution >= 4 is 5.91 Å². The Bertz CT molecular complexity index is 246. The highest BCUT2D eigenvalue weighted by Gasteiger charge is 2.30. The van der Waals surface area contributed by atoms with Crippen LogP contribution in [0.5, 0.6) is 0 Å². The summed E-state index contributed by atoms with van der Waals surface area (Å²) in [7, 11) is 0. The quantitative estimate of drug-likeness (QED) is 0.415. The normalized spacial score (nSPS) is 26.2. The number of carbonyl (C=O) groups excluding carboxylic acids is 1. The summed E-state index contributed by atoms with van der Waals surface area (Å²) in [5.41, 5.74) is 2.11. The number of nitrogens with one attached hydrogen (secondary N) is 1. The minimum Gasteiger partial charge on any atom is -0.376 e. The molecule has 1 fully saturated rings. The van der Waals surface area contributed by atoms with E-state index in [1.807, 2.05) is 0 Å². The van der Waals surface area contributed by atoms with Crippen LogP contribution in [-0.4, -0.2) is 30.8 Å². The summed E-state index contributed by atoms with van der Waals surface area (Å²) in [6.45, 7) is 6.97. The van der Waals surface area contributed by atoms with Crippen LogP contribution in [-0.2, 0) is 14.3 Å². The van der Waals surface area contributed by atoms with Gasteiger partial charge in [0.1, 0.15) is 6.10 Å². The molecule has 1 aliphatic heterocycles. The van der Waals surface area contributed by atoms with Crippen LogP contribution in [0.1, 0.15) is 40.0 Å². The predicted octanol–water partition coefficient (Wildman–Crippen LogP) is 0.975. The summed E-state index contributed by atoms with van der Waals surface area (Å²) in [6, 6.07) is 0. The molecule has 3 atom stereocenters. The van der Waals surface area contributed by atoms with E-state index >= 15 is 0 Å². The molecule has 0 aromatic heterocycles. The van der Waals surface area contributed by atoms with Gasteiger partial charge in [0.05, 0.1) is 18.8 Å². The molecule has 0 saturated carbocycles. The second kappa shape index (κ2) is 6.93. The van der Waals surface area contributed by atoms with Gasteiger partial charge in [0, 0.05) is 0 Å². The lowest BCUT2D eigenvalue weighted by Crippen LogP contribution is -2.39. The fourth-order valence-electron chi connectivity index (χ4n) is 2.12. The van der Waals surface area contributed by atoms with E-state index in [-0.39, 0.29) is 18.1 Å². The second-order valence-corrected chi connectivity index (χ2v) is 5.11. The molecule has 0 radical (unpaired) electrons. The van der Waals surface area contributed by atoms with Crippen LogP contribution < -0.4 is 11.3 Å². The monoisotopic (exact) mass is 244 g/mol. The van der Waals surface area contributed by atoms with Crippen LogP contribution in [0.25, 0.3) is 0 Å². The fourth-order valence-corrected chi connectivity index (χ4v) is 2.12. The number of carbonyl (C=O) groups is 1. The van der Waals surface area contributed by atoms with E-state index in [1.165, 1.54) is 0 Å². The Morgan fingerprint density at radius 2 is 2.18 bits per heavy atom. The maximum absolute atomic E-state index is 11.2. The lowest BCUT2D eigenvalue weighted by molar-refractivity contribution is -0.134. The number of hydrogen-bond acceptors (Lipinski definition) is 4. The SMILES string of the molecule is CC(C)CC(C)OCC1CCC(C(=O)NN)O1. The first-order valence-corrected chi connectivity index (χ1v) is 6.30. The van der Waals surface area contributed by atoms with E-state index in [9.17, 15) is 4.79 Å². The molecule has 0 aromatic carbocycles. The molecule has 0 aromatic rings. The Morgan fingerprint density at radius 3 is 2.76 bits per heavy atom. The molecule has 3 N–H and O–H groups in total. The summed E-state index contributed by atoms with van der Waals surface area (Å²) >= 11 is 0. The molecule has 0 spiro atoms. The smallest absolute Gasteiger partial charge is 0.263 e. The second-order valence-electron chi connectivity index (χ2n) is 5.11. The van der Waals surface area contributed by atoms with Crippen molar-refractivity contribution in [1.82, 2.24) is 5.43 Å². The summed E-state index contributed by atoms with van der Waals surface area (Å²) in [5, 5.41) is 0. The standard InChI is InChI=1S/C12H24N2O3/c1-8(2)6-9(3)16-7-10-4-5-11(17-10)12(15)14-13/h8-11H,4-7,13H2,1-3H3,(H,14,15). The van der Waals surface area contributed by atoms with Crippen molar-refractivity contribution < 1.29 is 14.3 Å². The van der Waals surface area contributed by atoms with Crippen molar-refractivity contribution in [3.05, 3.63) is 0 Å². The van der Waals surface area contributed by atoms with Crippen LogP contribution in [0.4, 0.5) is 0 Å². The Hall–Kier alpha value is -0.650. The van der Waals surface area contributed by atoms with Crippen LogP contribution in [0.2, 0.25) is 0 Å². The van der Waals surface area contributed by atoms with E-state index in [4.69, 9.17) is 15.3 Å². The average molecular weight is 244 g/mol. The molecule has 0 aliphatic carbocycles. The molecular weight excluding hydrogens is 220 g/mol. The molecule has 17 heavy (non-hydrogen) atoms. The molecule has 5 nitrogen and oxygen atoms in total. The molecule has 1 saturated heterocycles. The summed E-state index contributed by atoms with van der Waals surface area (Å²) < 4.78 is 11.3. The van der Waals surface area contributed by atoms with Gasteiger partial charge in [-0.05, 0) is 32.1 Å². The summed E-state index contributed by atoms with van der Waals surface area (Å²) in [6.07, 6.45) is 2.46. The predicted molar refractivity (Wildman–Crippen MR) is 65.1 cm³/mol. The molecule has 1 heterocycles. The van der Waals surface area contributed by atoms with Gasteiger partial charge in [0.15, 0.2) is 0 Å². The Kier molecular flexibility index (Phi) is 5.88. The first-order chi connectivity index (χ1) is 8.02. The van der Waals surface area contributed by atoms with Gasteiger partial charge in [-0.15, -0.1) is 0 Å². The van der Waals surface area contributed by atoms with Crippen molar-refractivity contribution in [3.63, 3.8) is 0 Å². The van der Waals surface area contributed by atoms with Gasteiger partial charge in [0.25, 0.3) is 5.91 Å². The highest BCUT2D eigenvalue weighted by Crippen LogP contribution is 2.20. The minimum atomic E-state index is -0.408. The maximum atomic E-state index is 11.2. The molecule has 1 amide bonds. The molecule has 1 rings (SSSR count). The van der Waals surface area contributed by atoms with Crippen LogP contribution in [0, 0.1) is 5.92 Å². The van der Waals surface area contributed by atoms with Crippen molar-refractivity contribution in [2.75, 3.05) is 6.61 Å². The van der Waals surface area contributed by atoms with Gasteiger partial charge in [-0.25, -0.2) is 5.84 Å². The molecule has 0 bridgehead atoms. The lowest BCUT2D eigenvalue weighted by Gasteiger charge is -2.18. The Labute approximate surface area is 103 Å². The zero-order valence-corrected chi connectivity index (χ0v) is 10.9. The summed E-state index contributed by atoms with van der Waals surface area (Å²) in [4.78, 5) is 11.2. The molecule has 100 valence electrons. The molecular formula is C12H24N2O3. The van der Waals surface area contributed by atoms with Crippen LogP contribution in [0.15, 0.2) is 0 Å². The third-order valence-corrected chi connectivity index (χ3v) is 2.91. The zero-order valence-electron chi connectivity index (χ0n) is 10.9. The number of rotatable bonds is 6. The third-order valence-electron chi connectivity index (χ3n) is 2.91. The largest absolute Gasteiger partial charge is 0.376 e. The maximum Gasteiger partial charge on any atom is 0.263 e. The third kappa shape index (κ3) is 5.02. The first-order valence-electron chi connectivity index (χ1n) is 6.30. The van der Waals surface area contributed by atoms with E-state index in [0.717, 1.165) is 19.3 Å². The van der Waals surface area contributed by atoms with Crippen molar-refractivity contribution in [2.24, 2.45) is 11.8 Å². The van der Waals surface area contributed by atoms with Gasteiger partial charge in [-0.3, -0.25) is 10.2 Å². The van der Waals surface area contributed by atoms with Gasteiger partial charge in [-0.1, -0.05) is 13.8 Å². The first kappa shape index (κ1) is 14.4. The van der Waals surface area contributed by atoms with E-state index < -0.39 is 6.10 Å². The Balaban J connectivity index is 2.19. The van der Waals surface area contributed by atoms with Crippen molar-refractivity contribution in [2.45, 2.75) is 58.3 Å². The van der Waals surface area contributed by atoms with Gasteiger partial charge in [-0.2, -0.15) is 0 Å². The van der Waals surface area contributed by atoms with Gasteiger partial charge in [0.2, 0.25) is 0 Å². The van der Waals surface area contributed by atoms with E-state index in [1.54, 1.807) is 0 Å². The zero-order chi connectivity index (χ0) is 12.8. The minimum absolute atomic E-state index is 0.0203. The number of amides is 1. The number of ether oxygens (including phenoxy) is 2. The fraction of sp³-hybridized carbons (Fsp3) is 0.917. The van der Waals surface area contributed by atoms with E-state index in [0.29, 0.717) is 12.5 Å². The highest BCUT2D eigenvalue weighted by atomic mass is 16.5. The number of hydrogen-bond donors (Lipinski definition) is 2.